The molecule has 0 aliphatic carbocycles. The number of halogens is 3. The molecule has 0 amide bonds. The Kier molecular flexibility index (Phi) is 7.60. The third kappa shape index (κ3) is 5.53. The number of thiol groups is 1. The molecule has 0 heterocycles. The van der Waals surface area contributed by atoms with Crippen molar-refractivity contribution in [3.63, 3.8) is 0 Å². The number of benzene rings is 2. The number of sulfone groups is 1. The zero-order chi connectivity index (χ0) is 21.1. The van der Waals surface area contributed by atoms with E-state index in [1.165, 1.54) is 31.2 Å². The third-order valence-corrected chi connectivity index (χ3v) is 7.32. The molecule has 0 aliphatic rings. The maximum absolute atomic E-state index is 14.6. The van der Waals surface area contributed by atoms with E-state index in [-0.39, 0.29) is 27.0 Å². The number of rotatable bonds is 8. The van der Waals surface area contributed by atoms with Gasteiger partial charge in [-0.3, -0.25) is 9.10 Å². The number of hydrogen-bond donors (Lipinski definition) is 1. The van der Waals surface area contributed by atoms with Gasteiger partial charge in [-0.15, -0.1) is 0 Å². The molecule has 2 aromatic rings. The van der Waals surface area contributed by atoms with Gasteiger partial charge in [0.2, 0.25) is 10.9 Å². The summed E-state index contributed by atoms with van der Waals surface area (Å²) in [4.78, 5) is 12.6. The molecule has 0 N–H and O–H groups in total. The van der Waals surface area contributed by atoms with Gasteiger partial charge in [0.15, 0.2) is 15.6 Å². The lowest BCUT2D eigenvalue weighted by Crippen LogP contribution is -2.29. The van der Waals surface area contributed by atoms with Crippen LogP contribution >= 0.6 is 27.5 Å². The van der Waals surface area contributed by atoms with Crippen LogP contribution in [0.1, 0.15) is 22.8 Å². The van der Waals surface area contributed by atoms with Crippen molar-refractivity contribution in [1.29, 1.82) is 0 Å². The topological polar surface area (TPSA) is 88.6 Å². The van der Waals surface area contributed by atoms with E-state index in [0.717, 1.165) is 12.1 Å². The molecule has 0 fully saturated rings. The summed E-state index contributed by atoms with van der Waals surface area (Å²) in [6, 6.07) is 8.06. The third-order valence-electron chi connectivity index (χ3n) is 3.92. The lowest BCUT2D eigenvalue weighted by molar-refractivity contribution is 0.103. The molecule has 6 nitrogen and oxygen atoms in total. The molecule has 0 spiro atoms. The van der Waals surface area contributed by atoms with Crippen LogP contribution in [-0.2, 0) is 20.7 Å². The van der Waals surface area contributed by atoms with Crippen LogP contribution < -0.4 is 4.31 Å². The van der Waals surface area contributed by atoms with Crippen LogP contribution in [0.4, 0.5) is 10.1 Å². The minimum absolute atomic E-state index is 0.00849. The molecule has 11 heteroatoms. The van der Waals surface area contributed by atoms with Crippen molar-refractivity contribution in [2.24, 2.45) is 0 Å². The van der Waals surface area contributed by atoms with Gasteiger partial charge in [0, 0.05) is 32.9 Å². The van der Waals surface area contributed by atoms with E-state index in [1.54, 1.807) is 0 Å². The van der Waals surface area contributed by atoms with Gasteiger partial charge in [-0.05, 0) is 52.3 Å². The number of carbonyl (C=O) groups is 1. The molecule has 2 aromatic carbocycles. The van der Waals surface area contributed by atoms with E-state index in [0.29, 0.717) is 9.33 Å². The Bertz CT molecular complexity index is 1060. The van der Waals surface area contributed by atoms with Gasteiger partial charge in [-0.1, -0.05) is 18.5 Å². The second-order valence-electron chi connectivity index (χ2n) is 5.72. The van der Waals surface area contributed by atoms with Gasteiger partial charge in [-0.2, -0.15) is 0 Å². The fraction of sp³-hybridized carbons (Fsp3) is 0.235. The van der Waals surface area contributed by atoms with Crippen molar-refractivity contribution in [2.75, 3.05) is 22.4 Å². The lowest BCUT2D eigenvalue weighted by atomic mass is 10.0. The molecular formula is C17H16BrClFNO5S2. The molecule has 0 bridgehead atoms. The summed E-state index contributed by atoms with van der Waals surface area (Å²) in [5.41, 5.74) is -0.0779. The lowest BCUT2D eigenvalue weighted by Gasteiger charge is -2.19. The van der Waals surface area contributed by atoms with E-state index in [9.17, 15) is 26.0 Å². The first-order valence-electron chi connectivity index (χ1n) is 7.97. The van der Waals surface area contributed by atoms with E-state index < -0.39 is 44.6 Å². The monoisotopic (exact) mass is 511 g/mol. The van der Waals surface area contributed by atoms with E-state index in [1.807, 2.05) is 0 Å². The average Bonchev–Trinajstić information content (AvgIpc) is 2.64. The first-order chi connectivity index (χ1) is 13.1. The molecular weight excluding hydrogens is 497 g/mol. The predicted molar refractivity (Wildman–Crippen MR) is 111 cm³/mol. The second-order valence-corrected chi connectivity index (χ2v) is 10.4. The number of ketones is 1. The predicted octanol–water partition coefficient (Wildman–Crippen LogP) is 3.24. The Morgan fingerprint density at radius 2 is 1.82 bits per heavy atom. The molecule has 152 valence electrons. The molecule has 0 saturated carbocycles. The van der Waals surface area contributed by atoms with Gasteiger partial charge in [0.25, 0.3) is 0 Å². The highest BCUT2D eigenvalue weighted by Gasteiger charge is 2.22. The molecule has 0 aliphatic heterocycles. The van der Waals surface area contributed by atoms with Crippen molar-refractivity contribution in [3.8, 4) is 0 Å². The van der Waals surface area contributed by atoms with Crippen molar-refractivity contribution >= 4 is 59.7 Å². The highest BCUT2D eigenvalue weighted by atomic mass is 79.9. The summed E-state index contributed by atoms with van der Waals surface area (Å²) >= 11 is 8.95. The Labute approximate surface area is 177 Å². The van der Waals surface area contributed by atoms with Gasteiger partial charge >= 0.3 is 0 Å². The molecule has 0 atom stereocenters. The molecule has 0 saturated heterocycles. The maximum atomic E-state index is 14.6. The van der Waals surface area contributed by atoms with Gasteiger partial charge < -0.3 is 0 Å². The zero-order valence-corrected chi connectivity index (χ0v) is 18.6. The van der Waals surface area contributed by atoms with E-state index in [4.69, 9.17) is 11.6 Å². The Morgan fingerprint density at radius 1 is 1.21 bits per heavy atom. The highest BCUT2D eigenvalue weighted by Crippen LogP contribution is 2.29. The SMILES string of the molecule is CCS(=O)(=O)CCN(c1cc(Br)c(C(=O)c2ccc(Cl)cc2)cc1F)[SH](=O)=O. The average molecular weight is 513 g/mol. The van der Waals surface area contributed by atoms with Crippen LogP contribution in [0, 0.1) is 5.82 Å². The van der Waals surface area contributed by atoms with Gasteiger partial charge in [-0.25, -0.2) is 21.2 Å². The first kappa shape index (κ1) is 22.8. The fourth-order valence-electron chi connectivity index (χ4n) is 2.32. The van der Waals surface area contributed by atoms with Crippen LogP contribution in [0.2, 0.25) is 5.02 Å². The summed E-state index contributed by atoms with van der Waals surface area (Å²) in [5.74, 6) is -2.05. The Balaban J connectivity index is 2.40. The summed E-state index contributed by atoms with van der Waals surface area (Å²) in [6.07, 6.45) is 0. The van der Waals surface area contributed by atoms with Crippen LogP contribution in [0.25, 0.3) is 0 Å². The second kappa shape index (κ2) is 9.34. The van der Waals surface area contributed by atoms with Crippen molar-refractivity contribution in [2.45, 2.75) is 6.92 Å². The molecule has 0 unspecified atom stereocenters. The standard InChI is InChI=1S/C17H16BrClFNO5S2/c1-2-28(25,26)8-7-21(27(23)24)16-10-14(18)13(9-15(16)20)17(22)11-3-5-12(19)6-4-11/h3-6,9-10,27H,2,7-8H2,1H3. The van der Waals surface area contributed by atoms with Crippen molar-refractivity contribution in [1.82, 2.24) is 0 Å². The van der Waals surface area contributed by atoms with Crippen molar-refractivity contribution in [3.05, 3.63) is 62.8 Å². The maximum Gasteiger partial charge on any atom is 0.225 e. The van der Waals surface area contributed by atoms with E-state index in [2.05, 4.69) is 15.9 Å². The fourth-order valence-corrected chi connectivity index (χ4v) is 4.44. The van der Waals surface area contributed by atoms with Crippen LogP contribution in [0.5, 0.6) is 0 Å². The molecule has 0 radical (unpaired) electrons. The normalized spacial score (nSPS) is 11.6. The zero-order valence-electron chi connectivity index (χ0n) is 14.6. The summed E-state index contributed by atoms with van der Waals surface area (Å²) in [5, 5.41) is 0.439. The van der Waals surface area contributed by atoms with Crippen LogP contribution in [0.15, 0.2) is 40.9 Å². The number of hydrogen-bond acceptors (Lipinski definition) is 5. The summed E-state index contributed by atoms with van der Waals surface area (Å²) < 4.78 is 61.8. The minimum Gasteiger partial charge on any atom is -0.289 e. The molecule has 0 aromatic heterocycles. The van der Waals surface area contributed by atoms with Gasteiger partial charge in [0.05, 0.1) is 11.4 Å². The molecule has 28 heavy (non-hydrogen) atoms. The smallest absolute Gasteiger partial charge is 0.225 e. The van der Waals surface area contributed by atoms with Crippen LogP contribution in [-0.4, -0.2) is 40.7 Å². The quantitative estimate of drug-likeness (QED) is 0.433. The number of carbonyl (C=O) groups excluding carboxylic acids is 1. The van der Waals surface area contributed by atoms with Crippen molar-refractivity contribution < 1.29 is 26.0 Å². The Morgan fingerprint density at radius 3 is 2.36 bits per heavy atom. The van der Waals surface area contributed by atoms with Crippen LogP contribution in [0.3, 0.4) is 0 Å². The highest BCUT2D eigenvalue weighted by molar-refractivity contribution is 9.10. The summed E-state index contributed by atoms with van der Waals surface area (Å²) in [7, 11) is -6.74. The summed E-state index contributed by atoms with van der Waals surface area (Å²) in [6.45, 7) is 1.01. The first-order valence-corrected chi connectivity index (χ1v) is 12.1. The van der Waals surface area contributed by atoms with E-state index >= 15 is 0 Å². The van der Waals surface area contributed by atoms with Gasteiger partial charge in [0.1, 0.15) is 5.82 Å². The Hall–Kier alpha value is -1.49. The number of nitrogens with zero attached hydrogens (tertiary/aromatic N) is 1. The minimum atomic E-state index is -3.45. The molecule has 2 rings (SSSR count). The largest absolute Gasteiger partial charge is 0.289 e. The number of anilines is 1.